The fourth-order valence-electron chi connectivity index (χ4n) is 1.40. The van der Waals surface area contributed by atoms with Gasteiger partial charge in [-0.25, -0.2) is 4.79 Å². The predicted octanol–water partition coefficient (Wildman–Crippen LogP) is 2.58. The molecule has 11 heavy (non-hydrogen) atoms. The molecule has 1 aliphatic carbocycles. The molecule has 1 aliphatic rings. The summed E-state index contributed by atoms with van der Waals surface area (Å²) in [5.41, 5.74) is 0. The van der Waals surface area contributed by atoms with Crippen molar-refractivity contribution in [1.29, 1.82) is 0 Å². The summed E-state index contributed by atoms with van der Waals surface area (Å²) in [6.07, 6.45) is 6.73. The molecule has 62 valence electrons. The summed E-state index contributed by atoms with van der Waals surface area (Å²) >= 11 is 1.88. The first kappa shape index (κ1) is 9.03. The average Bonchev–Trinajstić information content (AvgIpc) is 2.39. The third-order valence-electron chi connectivity index (χ3n) is 1.99. The van der Waals surface area contributed by atoms with Gasteiger partial charge in [0.2, 0.25) is 0 Å². The van der Waals surface area contributed by atoms with Crippen LogP contribution >= 0.6 is 22.6 Å². The van der Waals surface area contributed by atoms with E-state index in [1.807, 2.05) is 28.7 Å². The summed E-state index contributed by atoms with van der Waals surface area (Å²) in [6, 6.07) is 0. The van der Waals surface area contributed by atoms with Crippen LogP contribution in [-0.4, -0.2) is 11.1 Å². The van der Waals surface area contributed by atoms with E-state index in [0.29, 0.717) is 9.50 Å². The molecule has 0 bridgehead atoms. The van der Waals surface area contributed by atoms with Gasteiger partial charge in [0.05, 0.1) is 3.58 Å². The smallest absolute Gasteiger partial charge is 0.341 e. The Morgan fingerprint density at radius 3 is 2.45 bits per heavy atom. The van der Waals surface area contributed by atoms with Crippen molar-refractivity contribution in [3.8, 4) is 0 Å². The van der Waals surface area contributed by atoms with Crippen molar-refractivity contribution in [2.75, 3.05) is 0 Å². The van der Waals surface area contributed by atoms with Crippen molar-refractivity contribution in [2.45, 2.75) is 25.7 Å². The first-order valence-corrected chi connectivity index (χ1v) is 4.88. The van der Waals surface area contributed by atoms with Gasteiger partial charge < -0.3 is 5.11 Å². The van der Waals surface area contributed by atoms with Crippen LogP contribution in [0.5, 0.6) is 0 Å². The maximum Gasteiger partial charge on any atom is 0.341 e. The Hall–Kier alpha value is -0.0600. The third-order valence-corrected chi connectivity index (χ3v) is 2.81. The van der Waals surface area contributed by atoms with Crippen molar-refractivity contribution in [1.82, 2.24) is 0 Å². The van der Waals surface area contributed by atoms with E-state index in [9.17, 15) is 4.79 Å². The fraction of sp³-hybridized carbons (Fsp3) is 0.625. The lowest BCUT2D eigenvalue weighted by molar-refractivity contribution is -0.131. The highest BCUT2D eigenvalue weighted by Crippen LogP contribution is 2.27. The predicted molar refractivity (Wildman–Crippen MR) is 51.7 cm³/mol. The Labute approximate surface area is 79.8 Å². The van der Waals surface area contributed by atoms with Gasteiger partial charge in [0.15, 0.2) is 0 Å². The summed E-state index contributed by atoms with van der Waals surface area (Å²) in [4.78, 5) is 10.4. The largest absolute Gasteiger partial charge is 0.477 e. The van der Waals surface area contributed by atoms with Gasteiger partial charge >= 0.3 is 5.97 Å². The summed E-state index contributed by atoms with van der Waals surface area (Å²) in [5.74, 6) is -0.268. The molecule has 0 heterocycles. The fourth-order valence-corrected chi connectivity index (χ4v) is 1.91. The van der Waals surface area contributed by atoms with Gasteiger partial charge in [-0.05, 0) is 41.4 Å². The number of allylic oxidation sites excluding steroid dienone is 1. The lowest BCUT2D eigenvalue weighted by atomic mass is 10.1. The van der Waals surface area contributed by atoms with E-state index in [2.05, 4.69) is 0 Å². The molecular weight excluding hydrogens is 255 g/mol. The Kier molecular flexibility index (Phi) is 3.36. The normalized spacial score (nSPS) is 20.6. The number of hydrogen-bond donors (Lipinski definition) is 1. The first-order chi connectivity index (χ1) is 5.20. The van der Waals surface area contributed by atoms with Crippen LogP contribution in [0, 0.1) is 5.92 Å². The standard InChI is InChI=1S/C8H11IO2/c9-7(8(10)11)5-6-3-1-2-4-6/h5-6H,1-4H2,(H,10,11)/b7-5-. The highest BCUT2D eigenvalue weighted by atomic mass is 127. The number of halogens is 1. The van der Waals surface area contributed by atoms with Crippen LogP contribution in [0.3, 0.4) is 0 Å². The minimum Gasteiger partial charge on any atom is -0.477 e. The molecule has 1 saturated carbocycles. The summed E-state index contributed by atoms with van der Waals surface area (Å²) in [6.45, 7) is 0. The minimum atomic E-state index is -0.794. The molecule has 0 unspecified atom stereocenters. The number of hydrogen-bond acceptors (Lipinski definition) is 1. The van der Waals surface area contributed by atoms with Gasteiger partial charge in [0.25, 0.3) is 0 Å². The molecular formula is C8H11IO2. The van der Waals surface area contributed by atoms with Crippen LogP contribution in [-0.2, 0) is 4.79 Å². The van der Waals surface area contributed by atoms with E-state index in [0.717, 1.165) is 0 Å². The summed E-state index contributed by atoms with van der Waals surface area (Å²) in [5, 5.41) is 8.57. The molecule has 1 fully saturated rings. The Bertz CT molecular complexity index is 181. The minimum absolute atomic E-state index is 0.467. The molecule has 1 rings (SSSR count). The lowest BCUT2D eigenvalue weighted by Gasteiger charge is -2.00. The molecule has 0 radical (unpaired) electrons. The van der Waals surface area contributed by atoms with E-state index in [4.69, 9.17) is 5.11 Å². The number of rotatable bonds is 2. The molecule has 0 amide bonds. The SMILES string of the molecule is O=C(O)/C(I)=C/C1CCCC1. The highest BCUT2D eigenvalue weighted by molar-refractivity contribution is 14.1. The second-order valence-corrected chi connectivity index (χ2v) is 4.03. The molecule has 0 aromatic rings. The second kappa shape index (κ2) is 4.09. The molecule has 0 aromatic carbocycles. The molecule has 2 nitrogen and oxygen atoms in total. The van der Waals surface area contributed by atoms with Crippen LogP contribution in [0.1, 0.15) is 25.7 Å². The molecule has 3 heteroatoms. The number of carbonyl (C=O) groups is 1. The lowest BCUT2D eigenvalue weighted by Crippen LogP contribution is -1.96. The zero-order chi connectivity index (χ0) is 8.27. The van der Waals surface area contributed by atoms with E-state index < -0.39 is 5.97 Å². The van der Waals surface area contributed by atoms with E-state index in [1.54, 1.807) is 0 Å². The van der Waals surface area contributed by atoms with E-state index >= 15 is 0 Å². The first-order valence-electron chi connectivity index (χ1n) is 3.81. The zero-order valence-electron chi connectivity index (χ0n) is 6.22. The van der Waals surface area contributed by atoms with Crippen molar-refractivity contribution in [2.24, 2.45) is 5.92 Å². The van der Waals surface area contributed by atoms with Crippen molar-refractivity contribution in [3.05, 3.63) is 9.66 Å². The second-order valence-electron chi connectivity index (χ2n) is 2.86. The molecule has 0 aromatic heterocycles. The highest BCUT2D eigenvalue weighted by Gasteiger charge is 2.14. The zero-order valence-corrected chi connectivity index (χ0v) is 8.37. The number of aliphatic carboxylic acids is 1. The van der Waals surface area contributed by atoms with Crippen molar-refractivity contribution in [3.63, 3.8) is 0 Å². The Balaban J connectivity index is 2.49. The van der Waals surface area contributed by atoms with Gasteiger partial charge in [-0.1, -0.05) is 18.9 Å². The number of carboxylic acid groups (broad SMARTS) is 1. The van der Waals surface area contributed by atoms with Crippen LogP contribution in [0.15, 0.2) is 9.66 Å². The Morgan fingerprint density at radius 2 is 2.00 bits per heavy atom. The van der Waals surface area contributed by atoms with E-state index in [-0.39, 0.29) is 0 Å². The molecule has 0 saturated heterocycles. The average molecular weight is 266 g/mol. The monoisotopic (exact) mass is 266 g/mol. The number of carboxylic acids is 1. The van der Waals surface area contributed by atoms with Crippen LogP contribution in [0.4, 0.5) is 0 Å². The topological polar surface area (TPSA) is 37.3 Å². The molecule has 0 spiro atoms. The van der Waals surface area contributed by atoms with Gasteiger partial charge in [0, 0.05) is 0 Å². The summed E-state index contributed by atoms with van der Waals surface area (Å²) in [7, 11) is 0. The van der Waals surface area contributed by atoms with Gasteiger partial charge in [-0.3, -0.25) is 0 Å². The van der Waals surface area contributed by atoms with Gasteiger partial charge in [0.1, 0.15) is 0 Å². The van der Waals surface area contributed by atoms with Crippen LogP contribution in [0.2, 0.25) is 0 Å². The van der Waals surface area contributed by atoms with Gasteiger partial charge in [-0.15, -0.1) is 0 Å². The van der Waals surface area contributed by atoms with Gasteiger partial charge in [-0.2, -0.15) is 0 Å². The maximum absolute atomic E-state index is 10.4. The molecule has 1 N–H and O–H groups in total. The van der Waals surface area contributed by atoms with Crippen LogP contribution in [0.25, 0.3) is 0 Å². The van der Waals surface area contributed by atoms with Crippen LogP contribution < -0.4 is 0 Å². The molecule has 0 aliphatic heterocycles. The maximum atomic E-state index is 10.4. The van der Waals surface area contributed by atoms with Crippen molar-refractivity contribution >= 4 is 28.6 Å². The third kappa shape index (κ3) is 2.81. The summed E-state index contributed by atoms with van der Waals surface area (Å²) < 4.78 is 0.467. The quantitative estimate of drug-likeness (QED) is 0.616. The van der Waals surface area contributed by atoms with Crippen molar-refractivity contribution < 1.29 is 9.90 Å². The molecule has 0 atom stereocenters. The van der Waals surface area contributed by atoms with E-state index in [1.165, 1.54) is 25.7 Å². The Morgan fingerprint density at radius 1 is 1.45 bits per heavy atom.